The number of hydrogen-bond donors (Lipinski definition) is 1. The largest absolute Gasteiger partial charge is 0.481 e. The van der Waals surface area contributed by atoms with E-state index in [1.165, 1.54) is 18.6 Å². The second-order valence-corrected chi connectivity index (χ2v) is 5.81. The lowest BCUT2D eigenvalue weighted by atomic mass is 10.2. The molecule has 1 unspecified atom stereocenters. The van der Waals surface area contributed by atoms with Crippen molar-refractivity contribution < 1.29 is 9.90 Å². The van der Waals surface area contributed by atoms with Gasteiger partial charge in [0.15, 0.2) is 0 Å². The maximum absolute atomic E-state index is 10.4. The first-order chi connectivity index (χ1) is 7.75. The molecule has 2 heterocycles. The summed E-state index contributed by atoms with van der Waals surface area (Å²) in [5.74, 6) is 0.345. The molecule has 1 fully saturated rings. The molecular weight excluding hydrogens is 248 g/mol. The molecule has 1 N–H and O–H groups in total. The molecule has 6 nitrogen and oxygen atoms in total. The van der Waals surface area contributed by atoms with E-state index >= 15 is 0 Å². The van der Waals surface area contributed by atoms with E-state index in [9.17, 15) is 4.79 Å². The van der Waals surface area contributed by atoms with Crippen molar-refractivity contribution in [1.29, 1.82) is 0 Å². The summed E-state index contributed by atoms with van der Waals surface area (Å²) in [6.07, 6.45) is 2.43. The van der Waals surface area contributed by atoms with Gasteiger partial charge in [-0.1, -0.05) is 11.8 Å². The summed E-state index contributed by atoms with van der Waals surface area (Å²) in [5, 5.41) is 21.0. The van der Waals surface area contributed by atoms with Crippen molar-refractivity contribution in [3.63, 3.8) is 0 Å². The number of thioether (sulfide) groups is 2. The number of carboxylic acids is 1. The number of aromatic nitrogens is 4. The summed E-state index contributed by atoms with van der Waals surface area (Å²) in [7, 11) is 0. The Labute approximate surface area is 101 Å². The zero-order chi connectivity index (χ0) is 11.4. The molecule has 2 rings (SSSR count). The van der Waals surface area contributed by atoms with Gasteiger partial charge >= 0.3 is 5.97 Å². The summed E-state index contributed by atoms with van der Waals surface area (Å²) in [4.78, 5) is 10.4. The van der Waals surface area contributed by atoms with Gasteiger partial charge in [-0.25, -0.2) is 4.68 Å². The molecule has 88 valence electrons. The molecule has 16 heavy (non-hydrogen) atoms. The summed E-state index contributed by atoms with van der Waals surface area (Å²) in [6.45, 7) is 0.777. The second kappa shape index (κ2) is 5.53. The van der Waals surface area contributed by atoms with Crippen LogP contribution in [0.5, 0.6) is 0 Å². The Hall–Kier alpha value is -0.760. The lowest BCUT2D eigenvalue weighted by Crippen LogP contribution is -2.13. The van der Waals surface area contributed by atoms with Crippen LogP contribution in [0.15, 0.2) is 5.16 Å². The molecule has 1 aliphatic heterocycles. The predicted molar refractivity (Wildman–Crippen MR) is 61.7 cm³/mol. The Balaban J connectivity index is 1.92. The monoisotopic (exact) mass is 260 g/mol. The van der Waals surface area contributed by atoms with Crippen LogP contribution in [0, 0.1) is 0 Å². The molecular formula is C8H12N4O2S2. The Morgan fingerprint density at radius 2 is 2.56 bits per heavy atom. The normalized spacial score (nSPS) is 20.1. The summed E-state index contributed by atoms with van der Waals surface area (Å²) < 4.78 is 1.70. The number of hydrogen-bond acceptors (Lipinski definition) is 6. The fourth-order valence-corrected chi connectivity index (χ4v) is 3.38. The minimum absolute atomic E-state index is 0.00180. The maximum atomic E-state index is 10.4. The minimum Gasteiger partial charge on any atom is -0.481 e. The number of rotatable bonds is 5. The van der Waals surface area contributed by atoms with Gasteiger partial charge < -0.3 is 5.11 Å². The van der Waals surface area contributed by atoms with E-state index in [-0.39, 0.29) is 5.75 Å². The topological polar surface area (TPSA) is 80.9 Å². The highest BCUT2D eigenvalue weighted by atomic mass is 32.2. The van der Waals surface area contributed by atoms with Gasteiger partial charge in [0.2, 0.25) is 5.16 Å². The number of carboxylic acid groups (broad SMARTS) is 1. The Bertz CT molecular complexity index is 365. The SMILES string of the molecule is O=C(O)CSc1nnnn1CC1CCCS1. The molecule has 0 amide bonds. The highest BCUT2D eigenvalue weighted by molar-refractivity contribution is 8.00. The number of carbonyl (C=O) groups is 1. The van der Waals surface area contributed by atoms with Crippen LogP contribution in [0.25, 0.3) is 0 Å². The number of nitrogens with zero attached hydrogens (tertiary/aromatic N) is 4. The van der Waals surface area contributed by atoms with Gasteiger partial charge in [-0.15, -0.1) is 5.10 Å². The third-order valence-electron chi connectivity index (χ3n) is 2.22. The van der Waals surface area contributed by atoms with E-state index in [0.29, 0.717) is 10.4 Å². The van der Waals surface area contributed by atoms with E-state index in [0.717, 1.165) is 18.3 Å². The summed E-state index contributed by atoms with van der Waals surface area (Å²) in [5.41, 5.74) is 0. The lowest BCUT2D eigenvalue weighted by Gasteiger charge is -2.08. The van der Waals surface area contributed by atoms with Gasteiger partial charge in [0.25, 0.3) is 0 Å². The van der Waals surface area contributed by atoms with E-state index < -0.39 is 5.97 Å². The highest BCUT2D eigenvalue weighted by Gasteiger charge is 2.19. The third-order valence-corrected chi connectivity index (χ3v) is 4.55. The van der Waals surface area contributed by atoms with E-state index in [1.54, 1.807) is 4.68 Å². The van der Waals surface area contributed by atoms with Crippen LogP contribution in [0.4, 0.5) is 0 Å². The van der Waals surface area contributed by atoms with Crippen molar-refractivity contribution >= 4 is 29.5 Å². The zero-order valence-electron chi connectivity index (χ0n) is 8.57. The molecule has 0 aliphatic carbocycles. The van der Waals surface area contributed by atoms with Crippen LogP contribution in [-0.2, 0) is 11.3 Å². The molecule has 1 saturated heterocycles. The average Bonchev–Trinajstić information content (AvgIpc) is 2.87. The number of aliphatic carboxylic acids is 1. The molecule has 0 aromatic carbocycles. The second-order valence-electron chi connectivity index (χ2n) is 3.46. The Kier molecular flexibility index (Phi) is 4.05. The average molecular weight is 260 g/mol. The molecule has 0 saturated carbocycles. The van der Waals surface area contributed by atoms with E-state index in [4.69, 9.17) is 5.11 Å². The maximum Gasteiger partial charge on any atom is 0.313 e. The molecule has 0 spiro atoms. The first-order valence-electron chi connectivity index (χ1n) is 4.98. The molecule has 0 radical (unpaired) electrons. The first kappa shape index (κ1) is 11.7. The van der Waals surface area contributed by atoms with Gasteiger partial charge in [-0.05, 0) is 29.0 Å². The molecule has 8 heteroatoms. The quantitative estimate of drug-likeness (QED) is 0.782. The van der Waals surface area contributed by atoms with Gasteiger partial charge in [0, 0.05) is 5.25 Å². The molecule has 1 aromatic heterocycles. The fourth-order valence-electron chi connectivity index (χ4n) is 1.52. The lowest BCUT2D eigenvalue weighted by molar-refractivity contribution is -0.133. The first-order valence-corrected chi connectivity index (χ1v) is 7.01. The molecule has 0 bridgehead atoms. The molecule has 1 aliphatic rings. The Morgan fingerprint density at radius 1 is 1.69 bits per heavy atom. The van der Waals surface area contributed by atoms with Crippen molar-refractivity contribution in [1.82, 2.24) is 20.2 Å². The fraction of sp³-hybridized carbons (Fsp3) is 0.750. The van der Waals surface area contributed by atoms with Gasteiger partial charge in [0.1, 0.15) is 0 Å². The van der Waals surface area contributed by atoms with E-state index in [1.807, 2.05) is 11.8 Å². The number of tetrazole rings is 1. The third kappa shape index (κ3) is 3.11. The summed E-state index contributed by atoms with van der Waals surface area (Å²) in [6, 6.07) is 0. The minimum atomic E-state index is -0.852. The smallest absolute Gasteiger partial charge is 0.313 e. The van der Waals surface area contributed by atoms with Crippen LogP contribution >= 0.6 is 23.5 Å². The Morgan fingerprint density at radius 3 is 3.25 bits per heavy atom. The van der Waals surface area contributed by atoms with Crippen molar-refractivity contribution in [2.75, 3.05) is 11.5 Å². The predicted octanol–water partition coefficient (Wildman–Crippen LogP) is 0.745. The van der Waals surface area contributed by atoms with E-state index in [2.05, 4.69) is 15.5 Å². The molecule has 1 aromatic rings. The van der Waals surface area contributed by atoms with Gasteiger partial charge in [-0.2, -0.15) is 11.8 Å². The van der Waals surface area contributed by atoms with Crippen molar-refractivity contribution in [3.8, 4) is 0 Å². The van der Waals surface area contributed by atoms with Crippen LogP contribution in [-0.4, -0.2) is 48.0 Å². The van der Waals surface area contributed by atoms with Crippen LogP contribution in [0.2, 0.25) is 0 Å². The van der Waals surface area contributed by atoms with Crippen molar-refractivity contribution in [2.45, 2.75) is 29.8 Å². The van der Waals surface area contributed by atoms with Crippen LogP contribution in [0.3, 0.4) is 0 Å². The highest BCUT2D eigenvalue weighted by Crippen LogP contribution is 2.28. The van der Waals surface area contributed by atoms with Gasteiger partial charge in [-0.3, -0.25) is 4.79 Å². The molecule has 1 atom stereocenters. The van der Waals surface area contributed by atoms with Crippen LogP contribution in [0.1, 0.15) is 12.8 Å². The standard InChI is InChI=1S/C8H12N4O2S2/c13-7(14)5-16-8-9-10-11-12(8)4-6-2-1-3-15-6/h6H,1-5H2,(H,13,14). The van der Waals surface area contributed by atoms with Crippen LogP contribution < -0.4 is 0 Å². The van der Waals surface area contributed by atoms with Gasteiger partial charge in [0.05, 0.1) is 12.3 Å². The van der Waals surface area contributed by atoms with Crippen molar-refractivity contribution in [3.05, 3.63) is 0 Å². The summed E-state index contributed by atoms with van der Waals surface area (Å²) >= 11 is 3.09. The van der Waals surface area contributed by atoms with Crippen molar-refractivity contribution in [2.24, 2.45) is 0 Å². The zero-order valence-corrected chi connectivity index (χ0v) is 10.2.